The van der Waals surface area contributed by atoms with Crippen LogP contribution in [0.25, 0.3) is 0 Å². The van der Waals surface area contributed by atoms with E-state index in [1.54, 1.807) is 13.8 Å². The number of carbonyl (C=O) groups excluding carboxylic acids is 1. The first-order chi connectivity index (χ1) is 10.9. The Morgan fingerprint density at radius 2 is 1.57 bits per heavy atom. The maximum atomic E-state index is 13.7. The van der Waals surface area contributed by atoms with Crippen molar-refractivity contribution in [2.24, 2.45) is 0 Å². The van der Waals surface area contributed by atoms with E-state index in [1.165, 1.54) is 36.4 Å². The van der Waals surface area contributed by atoms with Gasteiger partial charge in [0.1, 0.15) is 17.5 Å². The van der Waals surface area contributed by atoms with Gasteiger partial charge in [0, 0.05) is 23.4 Å². The molecule has 2 rings (SSSR count). The molecule has 0 aliphatic heterocycles. The molecule has 122 valence electrons. The summed E-state index contributed by atoms with van der Waals surface area (Å²) in [5.74, 6) is -2.06. The first-order valence-corrected chi connectivity index (χ1v) is 7.14. The number of halogens is 3. The Bertz CT molecular complexity index is 689. The van der Waals surface area contributed by atoms with Crippen molar-refractivity contribution in [1.82, 2.24) is 5.32 Å². The van der Waals surface area contributed by atoms with Crippen LogP contribution in [0.3, 0.4) is 0 Å². The number of benzene rings is 2. The Labute approximate surface area is 132 Å². The van der Waals surface area contributed by atoms with Gasteiger partial charge in [-0.05, 0) is 44.2 Å². The monoisotopic (exact) mass is 322 g/mol. The van der Waals surface area contributed by atoms with Crippen LogP contribution in [0.15, 0.2) is 42.5 Å². The predicted molar refractivity (Wildman–Crippen MR) is 82.4 cm³/mol. The molecule has 0 heterocycles. The lowest BCUT2D eigenvalue weighted by Gasteiger charge is -2.20. The van der Waals surface area contributed by atoms with Gasteiger partial charge in [0.2, 0.25) is 5.91 Å². The molecule has 1 amide bonds. The highest BCUT2D eigenvalue weighted by Gasteiger charge is 2.18. The van der Waals surface area contributed by atoms with Crippen molar-refractivity contribution in [3.05, 3.63) is 65.5 Å². The Morgan fingerprint density at radius 1 is 0.957 bits per heavy atom. The van der Waals surface area contributed by atoms with Crippen molar-refractivity contribution < 1.29 is 18.0 Å². The third-order valence-electron chi connectivity index (χ3n) is 3.43. The highest BCUT2D eigenvalue weighted by atomic mass is 19.1. The number of hydrogen-bond acceptors (Lipinski definition) is 2. The maximum absolute atomic E-state index is 13.7. The fourth-order valence-corrected chi connectivity index (χ4v) is 2.18. The molecule has 2 aromatic rings. The van der Waals surface area contributed by atoms with Crippen molar-refractivity contribution in [2.75, 3.05) is 5.32 Å². The Balaban J connectivity index is 1.98. The SMILES string of the molecule is C[C@@H](N[C@H](C)c1ccc(F)cc1F)C(=O)Nc1ccc(F)cc1. The van der Waals surface area contributed by atoms with Gasteiger partial charge in [0.25, 0.3) is 0 Å². The molecule has 0 saturated carbocycles. The smallest absolute Gasteiger partial charge is 0.241 e. The maximum Gasteiger partial charge on any atom is 0.241 e. The van der Waals surface area contributed by atoms with E-state index < -0.39 is 29.5 Å². The summed E-state index contributed by atoms with van der Waals surface area (Å²) in [7, 11) is 0. The molecule has 0 spiro atoms. The average Bonchev–Trinajstić information content (AvgIpc) is 2.49. The second-order valence-electron chi connectivity index (χ2n) is 5.27. The Morgan fingerprint density at radius 3 is 2.17 bits per heavy atom. The molecule has 0 bridgehead atoms. The van der Waals surface area contributed by atoms with Gasteiger partial charge in [-0.25, -0.2) is 13.2 Å². The molecular weight excluding hydrogens is 305 g/mol. The molecule has 3 nitrogen and oxygen atoms in total. The van der Waals surface area contributed by atoms with E-state index in [1.807, 2.05) is 0 Å². The van der Waals surface area contributed by atoms with Crippen LogP contribution in [0, 0.1) is 17.5 Å². The van der Waals surface area contributed by atoms with Gasteiger partial charge < -0.3 is 5.32 Å². The highest BCUT2D eigenvalue weighted by Crippen LogP contribution is 2.18. The fourth-order valence-electron chi connectivity index (χ4n) is 2.18. The summed E-state index contributed by atoms with van der Waals surface area (Å²) < 4.78 is 39.5. The molecular formula is C17H17F3N2O. The second-order valence-corrected chi connectivity index (χ2v) is 5.27. The summed E-state index contributed by atoms with van der Waals surface area (Å²) in [6.07, 6.45) is 0. The van der Waals surface area contributed by atoms with Crippen molar-refractivity contribution >= 4 is 11.6 Å². The van der Waals surface area contributed by atoms with Crippen LogP contribution in [-0.2, 0) is 4.79 Å². The van der Waals surface area contributed by atoms with Crippen LogP contribution in [0.2, 0.25) is 0 Å². The lowest BCUT2D eigenvalue weighted by Crippen LogP contribution is -2.39. The zero-order valence-electron chi connectivity index (χ0n) is 12.7. The van der Waals surface area contributed by atoms with Crippen LogP contribution in [0.5, 0.6) is 0 Å². The quantitative estimate of drug-likeness (QED) is 0.879. The van der Waals surface area contributed by atoms with Crippen molar-refractivity contribution in [1.29, 1.82) is 0 Å². The molecule has 0 radical (unpaired) electrons. The Kier molecular flexibility index (Phi) is 5.39. The lowest BCUT2D eigenvalue weighted by atomic mass is 10.1. The molecule has 0 aliphatic rings. The van der Waals surface area contributed by atoms with E-state index in [2.05, 4.69) is 10.6 Å². The van der Waals surface area contributed by atoms with Crippen LogP contribution in [-0.4, -0.2) is 11.9 Å². The van der Waals surface area contributed by atoms with Gasteiger partial charge in [-0.2, -0.15) is 0 Å². The molecule has 0 aromatic heterocycles. The number of carbonyl (C=O) groups is 1. The molecule has 2 atom stereocenters. The minimum atomic E-state index is -0.670. The normalized spacial score (nSPS) is 13.4. The minimum Gasteiger partial charge on any atom is -0.325 e. The summed E-state index contributed by atoms with van der Waals surface area (Å²) in [6.45, 7) is 3.30. The summed E-state index contributed by atoms with van der Waals surface area (Å²) in [5.41, 5.74) is 0.735. The third kappa shape index (κ3) is 4.56. The number of anilines is 1. The third-order valence-corrected chi connectivity index (χ3v) is 3.43. The first kappa shape index (κ1) is 17.0. The summed E-state index contributed by atoms with van der Waals surface area (Å²) in [4.78, 5) is 12.1. The molecule has 0 fully saturated rings. The topological polar surface area (TPSA) is 41.1 Å². The predicted octanol–water partition coefficient (Wildman–Crippen LogP) is 3.78. The van der Waals surface area contributed by atoms with Gasteiger partial charge in [0.05, 0.1) is 6.04 Å². The number of nitrogens with one attached hydrogen (secondary N) is 2. The molecule has 0 aliphatic carbocycles. The standard InChI is InChI=1S/C17H17F3N2O/c1-10(15-8-5-13(19)9-16(15)20)21-11(2)17(23)22-14-6-3-12(18)4-7-14/h3-11,21H,1-2H3,(H,22,23)/t10-,11-/m1/s1. The van der Waals surface area contributed by atoms with Gasteiger partial charge >= 0.3 is 0 Å². The van der Waals surface area contributed by atoms with Gasteiger partial charge in [-0.1, -0.05) is 6.07 Å². The average molecular weight is 322 g/mol. The van der Waals surface area contributed by atoms with Gasteiger partial charge in [0.15, 0.2) is 0 Å². The van der Waals surface area contributed by atoms with Crippen LogP contribution < -0.4 is 10.6 Å². The Hall–Kier alpha value is -2.34. The van der Waals surface area contributed by atoms with E-state index in [4.69, 9.17) is 0 Å². The largest absolute Gasteiger partial charge is 0.325 e. The van der Waals surface area contributed by atoms with Crippen LogP contribution >= 0.6 is 0 Å². The first-order valence-electron chi connectivity index (χ1n) is 7.14. The number of rotatable bonds is 5. The second kappa shape index (κ2) is 7.28. The molecule has 6 heteroatoms. The molecule has 0 unspecified atom stereocenters. The molecule has 0 saturated heterocycles. The van der Waals surface area contributed by atoms with E-state index in [-0.39, 0.29) is 11.5 Å². The highest BCUT2D eigenvalue weighted by molar-refractivity contribution is 5.94. The summed E-state index contributed by atoms with van der Waals surface area (Å²) >= 11 is 0. The van der Waals surface area contributed by atoms with E-state index in [9.17, 15) is 18.0 Å². The van der Waals surface area contributed by atoms with Gasteiger partial charge in [-0.3, -0.25) is 10.1 Å². The minimum absolute atomic E-state index is 0.271. The zero-order chi connectivity index (χ0) is 17.0. The van der Waals surface area contributed by atoms with E-state index in [0.29, 0.717) is 5.69 Å². The number of amides is 1. The summed E-state index contributed by atoms with van der Waals surface area (Å²) in [5, 5.41) is 5.57. The number of hydrogen-bond donors (Lipinski definition) is 2. The molecule has 2 aromatic carbocycles. The van der Waals surface area contributed by atoms with Crippen molar-refractivity contribution in [3.63, 3.8) is 0 Å². The van der Waals surface area contributed by atoms with Crippen LogP contribution in [0.1, 0.15) is 25.5 Å². The van der Waals surface area contributed by atoms with Crippen molar-refractivity contribution in [2.45, 2.75) is 25.9 Å². The summed E-state index contributed by atoms with van der Waals surface area (Å²) in [6, 6.07) is 7.58. The zero-order valence-corrected chi connectivity index (χ0v) is 12.7. The van der Waals surface area contributed by atoms with E-state index in [0.717, 1.165) is 6.07 Å². The van der Waals surface area contributed by atoms with Crippen LogP contribution in [0.4, 0.5) is 18.9 Å². The fraction of sp³-hybridized carbons (Fsp3) is 0.235. The van der Waals surface area contributed by atoms with Gasteiger partial charge in [-0.15, -0.1) is 0 Å². The van der Waals surface area contributed by atoms with E-state index >= 15 is 0 Å². The van der Waals surface area contributed by atoms with Crippen molar-refractivity contribution in [3.8, 4) is 0 Å². The molecule has 2 N–H and O–H groups in total. The molecule has 23 heavy (non-hydrogen) atoms. The lowest BCUT2D eigenvalue weighted by molar-refractivity contribution is -0.117.